The van der Waals surface area contributed by atoms with Crippen molar-refractivity contribution in [2.75, 3.05) is 7.11 Å². The van der Waals surface area contributed by atoms with E-state index in [2.05, 4.69) is 4.98 Å². The van der Waals surface area contributed by atoms with Gasteiger partial charge in [0.15, 0.2) is 11.7 Å². The number of methoxy groups -OCH3 is 1. The van der Waals surface area contributed by atoms with E-state index in [0.29, 0.717) is 21.5 Å². The molecule has 0 fully saturated rings. The van der Waals surface area contributed by atoms with Crippen LogP contribution in [-0.4, -0.2) is 17.9 Å². The Balaban J connectivity index is 1.84. The van der Waals surface area contributed by atoms with Crippen molar-refractivity contribution >= 4 is 28.7 Å². The van der Waals surface area contributed by atoms with Gasteiger partial charge in [-0.05, 0) is 24.3 Å². The molecule has 7 heteroatoms. The summed E-state index contributed by atoms with van der Waals surface area (Å²) in [6, 6.07) is 12.4. The highest BCUT2D eigenvalue weighted by Crippen LogP contribution is 2.29. The number of nitriles is 1. The van der Waals surface area contributed by atoms with Gasteiger partial charge >= 0.3 is 0 Å². The predicted octanol–water partition coefficient (Wildman–Crippen LogP) is 4.69. The van der Waals surface area contributed by atoms with E-state index in [4.69, 9.17) is 20.8 Å². The van der Waals surface area contributed by atoms with Gasteiger partial charge in [-0.15, -0.1) is 11.3 Å². The number of carbonyl (C=O) groups is 1. The minimum absolute atomic E-state index is 0.127. The number of ketones is 1. The average Bonchev–Trinajstić information content (AvgIpc) is 3.26. The molecule has 3 aromatic rings. The fourth-order valence-corrected chi connectivity index (χ4v) is 3.27. The van der Waals surface area contributed by atoms with Crippen molar-refractivity contribution in [3.63, 3.8) is 0 Å². The predicted molar refractivity (Wildman–Crippen MR) is 94.7 cm³/mol. The molecule has 25 heavy (non-hydrogen) atoms. The Morgan fingerprint density at radius 2 is 2.12 bits per heavy atom. The molecule has 0 aliphatic carbocycles. The van der Waals surface area contributed by atoms with Crippen LogP contribution in [0.1, 0.15) is 27.2 Å². The highest BCUT2D eigenvalue weighted by molar-refractivity contribution is 7.10. The number of carbonyl (C=O) groups excluding carboxylic acids is 1. The zero-order valence-electron chi connectivity index (χ0n) is 13.2. The number of halogens is 1. The van der Waals surface area contributed by atoms with Crippen molar-refractivity contribution in [3.8, 4) is 17.3 Å². The number of furan rings is 1. The van der Waals surface area contributed by atoms with Crippen LogP contribution in [0.4, 0.5) is 0 Å². The molecule has 126 valence electrons. The number of benzene rings is 1. The topological polar surface area (TPSA) is 76.1 Å². The molecule has 2 aromatic heterocycles. The van der Waals surface area contributed by atoms with E-state index in [1.165, 1.54) is 18.4 Å². The maximum absolute atomic E-state index is 12.6. The van der Waals surface area contributed by atoms with Crippen molar-refractivity contribution < 1.29 is 13.9 Å². The molecule has 0 amide bonds. The molecular weight excluding hydrogens is 360 g/mol. The Bertz CT molecular complexity index is 924. The van der Waals surface area contributed by atoms with E-state index in [0.717, 1.165) is 5.56 Å². The van der Waals surface area contributed by atoms with Crippen LogP contribution >= 0.6 is 22.9 Å². The van der Waals surface area contributed by atoms with Crippen molar-refractivity contribution in [1.29, 1.82) is 5.26 Å². The molecule has 0 spiro atoms. The molecule has 5 nitrogen and oxygen atoms in total. The molecule has 0 saturated carbocycles. The second kappa shape index (κ2) is 7.62. The quantitative estimate of drug-likeness (QED) is 0.586. The lowest BCUT2D eigenvalue weighted by Gasteiger charge is -2.02. The molecule has 1 atom stereocenters. The maximum atomic E-state index is 12.6. The van der Waals surface area contributed by atoms with Crippen molar-refractivity contribution in [2.24, 2.45) is 0 Å². The summed E-state index contributed by atoms with van der Waals surface area (Å²) >= 11 is 7.15. The van der Waals surface area contributed by atoms with Crippen molar-refractivity contribution in [2.45, 2.75) is 12.5 Å². The van der Waals surface area contributed by atoms with Crippen LogP contribution in [0.2, 0.25) is 5.02 Å². The normalized spacial score (nSPS) is 11.9. The number of Topliss-reactive ketones (excluding diaryl/α,β-unsaturated/α-hetero) is 1. The summed E-state index contributed by atoms with van der Waals surface area (Å²) < 4.78 is 10.4. The zero-order valence-corrected chi connectivity index (χ0v) is 14.8. The highest BCUT2D eigenvalue weighted by Gasteiger charge is 2.27. The van der Waals surface area contributed by atoms with Crippen LogP contribution in [0.25, 0.3) is 11.3 Å². The summed E-state index contributed by atoms with van der Waals surface area (Å²) in [6.07, 6.45) is 0. The number of thiazole rings is 1. The van der Waals surface area contributed by atoms with Crippen LogP contribution in [0.15, 0.2) is 46.2 Å². The lowest BCUT2D eigenvalue weighted by molar-refractivity contribution is 0.0943. The molecule has 1 aromatic carbocycles. The summed E-state index contributed by atoms with van der Waals surface area (Å²) in [4.78, 5) is 17.0. The van der Waals surface area contributed by atoms with Crippen LogP contribution in [0.3, 0.4) is 0 Å². The average molecular weight is 373 g/mol. The molecular formula is C18H13ClN2O3S. The van der Waals surface area contributed by atoms with Crippen LogP contribution in [-0.2, 0) is 11.3 Å². The Hall–Kier alpha value is -2.46. The lowest BCUT2D eigenvalue weighted by Crippen LogP contribution is -2.10. The number of ether oxygens (including phenoxy) is 1. The van der Waals surface area contributed by atoms with Gasteiger partial charge in [-0.3, -0.25) is 4.79 Å². The third kappa shape index (κ3) is 3.80. The first kappa shape index (κ1) is 17.4. The first-order valence-corrected chi connectivity index (χ1v) is 8.61. The number of rotatable bonds is 6. The minimum Gasteiger partial charge on any atom is -0.455 e. The molecule has 0 saturated heterocycles. The van der Waals surface area contributed by atoms with Gasteiger partial charge in [-0.25, -0.2) is 4.98 Å². The summed E-state index contributed by atoms with van der Waals surface area (Å²) in [5.41, 5.74) is 1.57. The van der Waals surface area contributed by atoms with Crippen LogP contribution in [0.5, 0.6) is 0 Å². The fraction of sp³-hybridized carbons (Fsp3) is 0.167. The van der Waals surface area contributed by atoms with Crippen LogP contribution < -0.4 is 0 Å². The van der Waals surface area contributed by atoms with Gasteiger partial charge in [0.2, 0.25) is 5.78 Å². The van der Waals surface area contributed by atoms with Gasteiger partial charge < -0.3 is 9.15 Å². The van der Waals surface area contributed by atoms with Gasteiger partial charge in [-0.2, -0.15) is 5.26 Å². The Morgan fingerprint density at radius 1 is 1.36 bits per heavy atom. The smallest absolute Gasteiger partial charge is 0.222 e. The fourth-order valence-electron chi connectivity index (χ4n) is 2.27. The third-order valence-electron chi connectivity index (χ3n) is 3.49. The van der Waals surface area contributed by atoms with Crippen molar-refractivity contribution in [1.82, 2.24) is 4.98 Å². The van der Waals surface area contributed by atoms with E-state index >= 15 is 0 Å². The molecule has 2 heterocycles. The summed E-state index contributed by atoms with van der Waals surface area (Å²) in [5, 5.41) is 12.3. The van der Waals surface area contributed by atoms with E-state index in [-0.39, 0.29) is 12.4 Å². The SMILES string of the molecule is COCc1ccc(C(=O)C(C#N)c2nc(-c3ccc(Cl)cc3)cs2)o1. The Labute approximate surface area is 153 Å². The number of aromatic nitrogens is 1. The molecule has 0 radical (unpaired) electrons. The zero-order chi connectivity index (χ0) is 17.8. The standard InChI is InChI=1S/C18H13ClN2O3S/c1-23-9-13-6-7-16(24-13)17(22)14(8-20)18-21-15(10-25-18)11-2-4-12(19)5-3-11/h2-7,10,14H,9H2,1H3. The third-order valence-corrected chi connectivity index (χ3v) is 4.65. The summed E-state index contributed by atoms with van der Waals surface area (Å²) in [5.74, 6) is -0.764. The van der Waals surface area contributed by atoms with E-state index < -0.39 is 11.7 Å². The van der Waals surface area contributed by atoms with Gasteiger partial charge in [0.1, 0.15) is 17.4 Å². The molecule has 0 N–H and O–H groups in total. The second-order valence-corrected chi connectivity index (χ2v) is 6.53. The van der Waals surface area contributed by atoms with Gasteiger partial charge in [0.25, 0.3) is 0 Å². The first-order valence-electron chi connectivity index (χ1n) is 7.35. The molecule has 0 bridgehead atoms. The minimum atomic E-state index is -1.01. The van der Waals surface area contributed by atoms with Gasteiger partial charge in [0, 0.05) is 23.1 Å². The molecule has 1 unspecified atom stereocenters. The number of hydrogen-bond donors (Lipinski definition) is 0. The summed E-state index contributed by atoms with van der Waals surface area (Å²) in [7, 11) is 1.54. The molecule has 3 rings (SSSR count). The Morgan fingerprint density at radius 3 is 2.80 bits per heavy atom. The van der Waals surface area contributed by atoms with Crippen molar-refractivity contribution in [3.05, 3.63) is 63.3 Å². The van der Waals surface area contributed by atoms with Gasteiger partial charge in [0.05, 0.1) is 11.8 Å². The highest BCUT2D eigenvalue weighted by atomic mass is 35.5. The van der Waals surface area contributed by atoms with Gasteiger partial charge in [-0.1, -0.05) is 23.7 Å². The number of hydrogen-bond acceptors (Lipinski definition) is 6. The number of nitrogens with zero attached hydrogens (tertiary/aromatic N) is 2. The Kier molecular flexibility index (Phi) is 5.29. The second-order valence-electron chi connectivity index (χ2n) is 5.20. The lowest BCUT2D eigenvalue weighted by atomic mass is 10.0. The maximum Gasteiger partial charge on any atom is 0.222 e. The first-order chi connectivity index (χ1) is 12.1. The van der Waals surface area contributed by atoms with Crippen LogP contribution in [0, 0.1) is 11.3 Å². The monoisotopic (exact) mass is 372 g/mol. The summed E-state index contributed by atoms with van der Waals surface area (Å²) in [6.45, 7) is 0.266. The van der Waals surface area contributed by atoms with E-state index in [1.807, 2.05) is 23.6 Å². The van der Waals surface area contributed by atoms with E-state index in [1.54, 1.807) is 24.3 Å². The van der Waals surface area contributed by atoms with E-state index in [9.17, 15) is 10.1 Å². The molecule has 0 aliphatic heterocycles. The largest absolute Gasteiger partial charge is 0.455 e. The molecule has 0 aliphatic rings.